The smallest absolute Gasteiger partial charge is 0.255 e. The summed E-state index contributed by atoms with van der Waals surface area (Å²) in [5.41, 5.74) is 3.61. The number of carbonyl (C=O) groups excluding carboxylic acids is 2. The number of hydrogen-bond acceptors (Lipinski definition) is 2. The van der Waals surface area contributed by atoms with E-state index >= 15 is 0 Å². The van der Waals surface area contributed by atoms with Crippen LogP contribution in [0.2, 0.25) is 0 Å². The van der Waals surface area contributed by atoms with Crippen LogP contribution in [0.3, 0.4) is 0 Å². The normalized spacial score (nSPS) is 12.4. The molecule has 0 aliphatic carbocycles. The molecule has 26 heavy (non-hydrogen) atoms. The molecule has 0 spiro atoms. The fourth-order valence-electron chi connectivity index (χ4n) is 3.16. The van der Waals surface area contributed by atoms with E-state index in [-0.39, 0.29) is 17.6 Å². The molecule has 128 valence electrons. The molecular formula is C21H15FN2O2. The minimum atomic E-state index is -0.338. The van der Waals surface area contributed by atoms with Crippen LogP contribution in [0, 0.1) is 5.82 Å². The van der Waals surface area contributed by atoms with E-state index in [4.69, 9.17) is 0 Å². The molecule has 2 N–H and O–H groups in total. The number of carbonyl (C=O) groups is 2. The molecule has 0 aromatic heterocycles. The second-order valence-electron chi connectivity index (χ2n) is 6.03. The maximum atomic E-state index is 13.6. The third kappa shape index (κ3) is 2.84. The Labute approximate surface area is 149 Å². The monoisotopic (exact) mass is 346 g/mol. The van der Waals surface area contributed by atoms with E-state index in [2.05, 4.69) is 10.6 Å². The van der Waals surface area contributed by atoms with E-state index in [1.807, 2.05) is 6.07 Å². The third-order valence-electron chi connectivity index (χ3n) is 4.39. The number of amides is 2. The fourth-order valence-corrected chi connectivity index (χ4v) is 3.16. The van der Waals surface area contributed by atoms with Crippen molar-refractivity contribution in [1.82, 2.24) is 5.32 Å². The van der Waals surface area contributed by atoms with Gasteiger partial charge < -0.3 is 10.6 Å². The average Bonchev–Trinajstić information content (AvgIpc) is 3.05. The molecule has 5 heteroatoms. The highest BCUT2D eigenvalue weighted by Gasteiger charge is 2.26. The van der Waals surface area contributed by atoms with Crippen molar-refractivity contribution in [3.63, 3.8) is 0 Å². The zero-order chi connectivity index (χ0) is 18.1. The first kappa shape index (κ1) is 16.0. The van der Waals surface area contributed by atoms with Crippen LogP contribution in [0.1, 0.15) is 26.3 Å². The van der Waals surface area contributed by atoms with Gasteiger partial charge in [0.1, 0.15) is 5.82 Å². The van der Waals surface area contributed by atoms with Gasteiger partial charge in [-0.25, -0.2) is 4.39 Å². The van der Waals surface area contributed by atoms with Gasteiger partial charge in [-0.15, -0.1) is 0 Å². The molecular weight excluding hydrogens is 331 g/mol. The van der Waals surface area contributed by atoms with Crippen molar-refractivity contribution in [3.05, 3.63) is 89.2 Å². The first-order chi connectivity index (χ1) is 12.6. The van der Waals surface area contributed by atoms with Crippen LogP contribution in [-0.2, 0) is 6.54 Å². The molecule has 1 aliphatic rings. The summed E-state index contributed by atoms with van der Waals surface area (Å²) in [5, 5.41) is 5.58. The minimum Gasteiger partial charge on any atom is -0.348 e. The average molecular weight is 346 g/mol. The number of anilines is 1. The van der Waals surface area contributed by atoms with Crippen molar-refractivity contribution in [2.24, 2.45) is 0 Å². The third-order valence-corrected chi connectivity index (χ3v) is 4.39. The maximum Gasteiger partial charge on any atom is 0.255 e. The number of benzene rings is 3. The molecule has 1 aliphatic heterocycles. The quantitative estimate of drug-likeness (QED) is 0.753. The van der Waals surface area contributed by atoms with E-state index < -0.39 is 0 Å². The highest BCUT2D eigenvalue weighted by Crippen LogP contribution is 2.34. The van der Waals surface area contributed by atoms with E-state index in [1.54, 1.807) is 48.5 Å². The molecule has 3 aromatic rings. The molecule has 1 heterocycles. The molecule has 3 aromatic carbocycles. The first-order valence-electron chi connectivity index (χ1n) is 8.20. The van der Waals surface area contributed by atoms with Crippen LogP contribution in [0.5, 0.6) is 0 Å². The van der Waals surface area contributed by atoms with Gasteiger partial charge in [0.25, 0.3) is 11.8 Å². The summed E-state index contributed by atoms with van der Waals surface area (Å²) in [6.45, 7) is 0.342. The number of rotatable bonds is 3. The van der Waals surface area contributed by atoms with Crippen LogP contribution < -0.4 is 10.6 Å². The molecule has 0 atom stereocenters. The van der Waals surface area contributed by atoms with Crippen molar-refractivity contribution in [3.8, 4) is 11.1 Å². The summed E-state index contributed by atoms with van der Waals surface area (Å²) in [6.07, 6.45) is 0. The van der Waals surface area contributed by atoms with Gasteiger partial charge >= 0.3 is 0 Å². The zero-order valence-electron chi connectivity index (χ0n) is 13.8. The number of halogens is 1. The number of hydrogen-bond donors (Lipinski definition) is 2. The lowest BCUT2D eigenvalue weighted by Crippen LogP contribution is -2.17. The molecule has 0 radical (unpaired) electrons. The Balaban J connectivity index is 1.75. The summed E-state index contributed by atoms with van der Waals surface area (Å²) in [4.78, 5) is 24.7. The summed E-state index contributed by atoms with van der Waals surface area (Å²) < 4.78 is 13.6. The largest absolute Gasteiger partial charge is 0.348 e. The minimum absolute atomic E-state index is 0.249. The lowest BCUT2D eigenvalue weighted by molar-refractivity contribution is 0.0966. The molecule has 0 saturated carbocycles. The van der Waals surface area contributed by atoms with Crippen molar-refractivity contribution in [2.45, 2.75) is 6.54 Å². The van der Waals surface area contributed by atoms with Gasteiger partial charge in [-0.2, -0.15) is 0 Å². The number of nitrogens with one attached hydrogen (secondary N) is 2. The highest BCUT2D eigenvalue weighted by molar-refractivity contribution is 6.11. The van der Waals surface area contributed by atoms with Gasteiger partial charge in [0.2, 0.25) is 0 Å². The fraction of sp³-hybridized carbons (Fsp3) is 0.0476. The first-order valence-corrected chi connectivity index (χ1v) is 8.20. The summed E-state index contributed by atoms with van der Waals surface area (Å²) in [6, 6.07) is 18.5. The SMILES string of the molecule is O=C(Nc1ccc(-c2cccc(F)c2)c2c1C(=O)NC2)c1ccccc1. The Kier molecular flexibility index (Phi) is 3.97. The Hall–Kier alpha value is -3.47. The molecule has 0 unspecified atom stereocenters. The van der Waals surface area contributed by atoms with Gasteiger partial charge in [-0.3, -0.25) is 9.59 Å². The Morgan fingerprint density at radius 1 is 1.00 bits per heavy atom. The van der Waals surface area contributed by atoms with Crippen LogP contribution >= 0.6 is 0 Å². The summed E-state index contributed by atoms with van der Waals surface area (Å²) in [5.74, 6) is -0.873. The Bertz CT molecular complexity index is 1020. The van der Waals surface area contributed by atoms with E-state index in [9.17, 15) is 14.0 Å². The van der Waals surface area contributed by atoms with Gasteiger partial charge in [0.05, 0.1) is 11.3 Å². The molecule has 0 saturated heterocycles. The standard InChI is InChI=1S/C21H15FN2O2/c22-15-8-4-7-14(11-15)16-9-10-18(19-17(16)12-23-21(19)26)24-20(25)13-5-2-1-3-6-13/h1-11H,12H2,(H,23,26)(H,24,25). The molecule has 0 bridgehead atoms. The molecule has 0 fully saturated rings. The Morgan fingerprint density at radius 3 is 2.58 bits per heavy atom. The van der Waals surface area contributed by atoms with Gasteiger partial charge in [-0.05, 0) is 47.0 Å². The second-order valence-corrected chi connectivity index (χ2v) is 6.03. The lowest BCUT2D eigenvalue weighted by Gasteiger charge is -2.13. The zero-order valence-corrected chi connectivity index (χ0v) is 13.8. The van der Waals surface area contributed by atoms with Crippen molar-refractivity contribution in [2.75, 3.05) is 5.32 Å². The lowest BCUT2D eigenvalue weighted by atomic mass is 9.95. The maximum absolute atomic E-state index is 13.6. The van der Waals surface area contributed by atoms with Crippen LogP contribution in [0.25, 0.3) is 11.1 Å². The molecule has 4 nitrogen and oxygen atoms in total. The van der Waals surface area contributed by atoms with Crippen LogP contribution in [0.15, 0.2) is 66.7 Å². The van der Waals surface area contributed by atoms with Crippen LogP contribution in [-0.4, -0.2) is 11.8 Å². The summed E-state index contributed by atoms with van der Waals surface area (Å²) >= 11 is 0. The van der Waals surface area contributed by atoms with Gasteiger partial charge in [-0.1, -0.05) is 36.4 Å². The van der Waals surface area contributed by atoms with Crippen molar-refractivity contribution in [1.29, 1.82) is 0 Å². The number of fused-ring (bicyclic) bond motifs is 1. The van der Waals surface area contributed by atoms with E-state index in [0.717, 1.165) is 11.1 Å². The molecule has 2 amide bonds. The Morgan fingerprint density at radius 2 is 1.81 bits per heavy atom. The van der Waals surface area contributed by atoms with Crippen LogP contribution in [0.4, 0.5) is 10.1 Å². The predicted octanol–water partition coefficient (Wildman–Crippen LogP) is 3.99. The molecule has 4 rings (SSSR count). The highest BCUT2D eigenvalue weighted by atomic mass is 19.1. The predicted molar refractivity (Wildman–Crippen MR) is 97.4 cm³/mol. The topological polar surface area (TPSA) is 58.2 Å². The second kappa shape index (κ2) is 6.44. The van der Waals surface area contributed by atoms with Gasteiger partial charge in [0.15, 0.2) is 0 Å². The van der Waals surface area contributed by atoms with Crippen molar-refractivity contribution < 1.29 is 14.0 Å². The van der Waals surface area contributed by atoms with Gasteiger partial charge in [0, 0.05) is 12.1 Å². The summed E-state index contributed by atoms with van der Waals surface area (Å²) in [7, 11) is 0. The van der Waals surface area contributed by atoms with Crippen molar-refractivity contribution >= 4 is 17.5 Å². The van der Waals surface area contributed by atoms with E-state index in [0.29, 0.717) is 28.9 Å². The van der Waals surface area contributed by atoms with E-state index in [1.165, 1.54) is 12.1 Å².